The minimum atomic E-state index is -3.77. The molecule has 116 valence electrons. The van der Waals surface area contributed by atoms with Gasteiger partial charge in [0.1, 0.15) is 0 Å². The van der Waals surface area contributed by atoms with E-state index in [4.69, 9.17) is 0 Å². The Morgan fingerprint density at radius 1 is 1.14 bits per heavy atom. The number of methoxy groups -OCH3 is 1. The van der Waals surface area contributed by atoms with E-state index in [1.807, 2.05) is 0 Å². The van der Waals surface area contributed by atoms with Gasteiger partial charge in [-0.2, -0.15) is 0 Å². The molecule has 5 nitrogen and oxygen atoms in total. The summed E-state index contributed by atoms with van der Waals surface area (Å²) in [6, 6.07) is 12.9. The highest BCUT2D eigenvalue weighted by atomic mass is 79.9. The van der Waals surface area contributed by atoms with Gasteiger partial charge in [-0.3, -0.25) is 4.31 Å². The Hall–Kier alpha value is -1.86. The minimum Gasteiger partial charge on any atom is -0.465 e. The summed E-state index contributed by atoms with van der Waals surface area (Å²) < 4.78 is 31.6. The van der Waals surface area contributed by atoms with Gasteiger partial charge in [0.15, 0.2) is 0 Å². The maximum Gasteiger partial charge on any atom is 0.339 e. The molecule has 0 atom stereocenters. The summed E-state index contributed by atoms with van der Waals surface area (Å²) in [7, 11) is -1.06. The first-order chi connectivity index (χ1) is 10.4. The molecule has 0 saturated heterocycles. The van der Waals surface area contributed by atoms with Gasteiger partial charge < -0.3 is 4.74 Å². The Morgan fingerprint density at radius 3 is 2.36 bits per heavy atom. The van der Waals surface area contributed by atoms with E-state index in [0.29, 0.717) is 10.2 Å². The van der Waals surface area contributed by atoms with Gasteiger partial charge in [-0.1, -0.05) is 18.2 Å². The van der Waals surface area contributed by atoms with Crippen molar-refractivity contribution in [2.24, 2.45) is 0 Å². The number of rotatable bonds is 4. The minimum absolute atomic E-state index is 0.0162. The molecular weight excluding hydrogens is 370 g/mol. The first kappa shape index (κ1) is 16.5. The fourth-order valence-electron chi connectivity index (χ4n) is 1.87. The third-order valence-electron chi connectivity index (χ3n) is 3.12. The van der Waals surface area contributed by atoms with Crippen molar-refractivity contribution in [3.05, 3.63) is 58.6 Å². The molecule has 0 N–H and O–H groups in total. The number of ether oxygens (including phenoxy) is 1. The third kappa shape index (κ3) is 3.15. The lowest BCUT2D eigenvalue weighted by molar-refractivity contribution is 0.0599. The monoisotopic (exact) mass is 383 g/mol. The van der Waals surface area contributed by atoms with Crippen LogP contribution in [-0.2, 0) is 14.8 Å². The van der Waals surface area contributed by atoms with Crippen LogP contribution in [0.15, 0.2) is 57.9 Å². The van der Waals surface area contributed by atoms with Gasteiger partial charge in [0, 0.05) is 11.5 Å². The third-order valence-corrected chi connectivity index (χ3v) is 5.59. The number of sulfonamides is 1. The van der Waals surface area contributed by atoms with Crippen LogP contribution in [0.3, 0.4) is 0 Å². The zero-order valence-corrected chi connectivity index (χ0v) is 14.4. The van der Waals surface area contributed by atoms with E-state index >= 15 is 0 Å². The van der Waals surface area contributed by atoms with E-state index in [1.54, 1.807) is 30.3 Å². The number of benzene rings is 2. The van der Waals surface area contributed by atoms with E-state index < -0.39 is 16.0 Å². The molecule has 2 aromatic carbocycles. The summed E-state index contributed by atoms with van der Waals surface area (Å²) in [5.41, 5.74) is 0.690. The van der Waals surface area contributed by atoms with Crippen LogP contribution >= 0.6 is 15.9 Å². The van der Waals surface area contributed by atoms with E-state index in [1.165, 1.54) is 32.4 Å². The molecule has 0 aliphatic heterocycles. The molecule has 2 rings (SSSR count). The second-order valence-corrected chi connectivity index (χ2v) is 7.26. The number of para-hydroxylation sites is 1. The average Bonchev–Trinajstić information content (AvgIpc) is 2.54. The second-order valence-electron chi connectivity index (χ2n) is 4.44. The van der Waals surface area contributed by atoms with Crippen LogP contribution in [0.25, 0.3) is 0 Å². The number of esters is 1. The van der Waals surface area contributed by atoms with Gasteiger partial charge in [0.25, 0.3) is 10.0 Å². The van der Waals surface area contributed by atoms with Gasteiger partial charge in [0.2, 0.25) is 0 Å². The number of hydrogen-bond acceptors (Lipinski definition) is 4. The summed E-state index contributed by atoms with van der Waals surface area (Å²) in [4.78, 5) is 11.7. The molecule has 0 aromatic heterocycles. The van der Waals surface area contributed by atoms with Crippen LogP contribution in [-0.4, -0.2) is 28.5 Å². The Bertz CT molecular complexity index is 790. The van der Waals surface area contributed by atoms with Gasteiger partial charge in [0.05, 0.1) is 23.3 Å². The molecule has 22 heavy (non-hydrogen) atoms. The number of carbonyl (C=O) groups excluding carboxylic acids is 1. The molecule has 0 aliphatic carbocycles. The van der Waals surface area contributed by atoms with Crippen LogP contribution in [0.4, 0.5) is 5.69 Å². The zero-order chi connectivity index (χ0) is 16.3. The normalized spacial score (nSPS) is 11.0. The van der Waals surface area contributed by atoms with Crippen LogP contribution in [0.1, 0.15) is 10.4 Å². The Labute approximate surface area is 137 Å². The molecule has 0 unspecified atom stereocenters. The summed E-state index contributed by atoms with van der Waals surface area (Å²) in [5.74, 6) is -0.605. The standard InChI is InChI=1S/C15H14BrNO4S/c1-17(11-6-4-3-5-7-11)22(19,20)12-8-9-14(16)13(10-12)15(18)21-2/h3-10H,1-2H3. The van der Waals surface area contributed by atoms with Gasteiger partial charge in [-0.05, 0) is 46.3 Å². The van der Waals surface area contributed by atoms with Crippen molar-refractivity contribution in [3.63, 3.8) is 0 Å². The number of carbonyl (C=O) groups is 1. The van der Waals surface area contributed by atoms with E-state index in [0.717, 1.165) is 4.31 Å². The Morgan fingerprint density at radius 2 is 1.77 bits per heavy atom. The molecule has 0 bridgehead atoms. The molecule has 0 spiro atoms. The maximum atomic E-state index is 12.7. The Kier molecular flexibility index (Phi) is 4.87. The molecular formula is C15H14BrNO4S. The van der Waals surface area contributed by atoms with Gasteiger partial charge >= 0.3 is 5.97 Å². The number of hydrogen-bond donors (Lipinski definition) is 0. The van der Waals surface area contributed by atoms with Crippen LogP contribution < -0.4 is 4.31 Å². The molecule has 0 saturated carbocycles. The highest BCUT2D eigenvalue weighted by Gasteiger charge is 2.23. The first-order valence-corrected chi connectivity index (χ1v) is 8.53. The Balaban J connectivity index is 2.48. The topological polar surface area (TPSA) is 63.7 Å². The molecule has 0 heterocycles. The molecule has 0 fully saturated rings. The zero-order valence-electron chi connectivity index (χ0n) is 12.0. The number of nitrogens with zero attached hydrogens (tertiary/aromatic N) is 1. The number of halogens is 1. The lowest BCUT2D eigenvalue weighted by Crippen LogP contribution is -2.26. The van der Waals surface area contributed by atoms with Crippen LogP contribution in [0.2, 0.25) is 0 Å². The van der Waals surface area contributed by atoms with Crippen LogP contribution in [0.5, 0.6) is 0 Å². The lowest BCUT2D eigenvalue weighted by Gasteiger charge is -2.19. The average molecular weight is 384 g/mol. The lowest BCUT2D eigenvalue weighted by atomic mass is 10.2. The van der Waals surface area contributed by atoms with E-state index in [-0.39, 0.29) is 10.5 Å². The number of anilines is 1. The van der Waals surface area contributed by atoms with Crippen molar-refractivity contribution < 1.29 is 17.9 Å². The highest BCUT2D eigenvalue weighted by molar-refractivity contribution is 9.10. The van der Waals surface area contributed by atoms with Crippen molar-refractivity contribution in [3.8, 4) is 0 Å². The molecule has 0 radical (unpaired) electrons. The van der Waals surface area contributed by atoms with Crippen molar-refractivity contribution >= 4 is 37.6 Å². The van der Waals surface area contributed by atoms with Crippen LogP contribution in [0, 0.1) is 0 Å². The summed E-state index contributed by atoms with van der Waals surface area (Å²) in [6.45, 7) is 0. The molecule has 7 heteroatoms. The SMILES string of the molecule is COC(=O)c1cc(S(=O)(=O)N(C)c2ccccc2)ccc1Br. The fourth-order valence-corrected chi connectivity index (χ4v) is 3.50. The summed E-state index contributed by atoms with van der Waals surface area (Å²) in [6.07, 6.45) is 0. The van der Waals surface area contributed by atoms with Crippen molar-refractivity contribution in [1.82, 2.24) is 0 Å². The van der Waals surface area contributed by atoms with E-state index in [2.05, 4.69) is 20.7 Å². The maximum absolute atomic E-state index is 12.7. The molecule has 2 aromatic rings. The predicted octanol–water partition coefficient (Wildman–Crippen LogP) is 3.06. The fraction of sp³-hybridized carbons (Fsp3) is 0.133. The van der Waals surface area contributed by atoms with Crippen molar-refractivity contribution in [2.75, 3.05) is 18.5 Å². The smallest absolute Gasteiger partial charge is 0.339 e. The summed E-state index contributed by atoms with van der Waals surface area (Å²) >= 11 is 3.21. The molecule has 0 amide bonds. The summed E-state index contributed by atoms with van der Waals surface area (Å²) in [5, 5.41) is 0. The predicted molar refractivity (Wildman–Crippen MR) is 87.5 cm³/mol. The quantitative estimate of drug-likeness (QED) is 0.761. The molecule has 0 aliphatic rings. The second kappa shape index (κ2) is 6.50. The highest BCUT2D eigenvalue weighted by Crippen LogP contribution is 2.26. The van der Waals surface area contributed by atoms with Gasteiger partial charge in [-0.15, -0.1) is 0 Å². The first-order valence-electron chi connectivity index (χ1n) is 6.30. The van der Waals surface area contributed by atoms with Crippen molar-refractivity contribution in [1.29, 1.82) is 0 Å². The largest absolute Gasteiger partial charge is 0.465 e. The van der Waals surface area contributed by atoms with Crippen molar-refractivity contribution in [2.45, 2.75) is 4.90 Å². The van der Waals surface area contributed by atoms with E-state index in [9.17, 15) is 13.2 Å². The van der Waals surface area contributed by atoms with Gasteiger partial charge in [-0.25, -0.2) is 13.2 Å².